The summed E-state index contributed by atoms with van der Waals surface area (Å²) in [4.78, 5) is 21.2. The van der Waals surface area contributed by atoms with Crippen LogP contribution in [0.2, 0.25) is 0 Å². The maximum absolute atomic E-state index is 4.93. The molecule has 0 saturated carbocycles. The predicted molar refractivity (Wildman–Crippen MR) is 127 cm³/mol. The van der Waals surface area contributed by atoms with Gasteiger partial charge in [0.15, 0.2) is 5.82 Å². The molecule has 168 valence electrons. The number of allylic oxidation sites excluding steroid dienone is 3. The lowest BCUT2D eigenvalue weighted by Gasteiger charge is -2.25. The van der Waals surface area contributed by atoms with E-state index in [0.29, 0.717) is 17.7 Å². The van der Waals surface area contributed by atoms with Gasteiger partial charge in [-0.1, -0.05) is 19.9 Å². The second kappa shape index (κ2) is 7.33. The van der Waals surface area contributed by atoms with E-state index in [9.17, 15) is 0 Å². The van der Waals surface area contributed by atoms with Gasteiger partial charge >= 0.3 is 0 Å². The van der Waals surface area contributed by atoms with Crippen LogP contribution >= 0.6 is 0 Å². The largest absolute Gasteiger partial charge is 0.336 e. The van der Waals surface area contributed by atoms with E-state index in [1.165, 1.54) is 5.57 Å². The molecule has 0 aliphatic carbocycles. The van der Waals surface area contributed by atoms with Crippen LogP contribution in [0.3, 0.4) is 0 Å². The van der Waals surface area contributed by atoms with E-state index in [0.717, 1.165) is 34.3 Å². The van der Waals surface area contributed by atoms with E-state index in [1.807, 2.05) is 70.1 Å². The van der Waals surface area contributed by atoms with Crippen molar-refractivity contribution >= 4 is 11.9 Å². The zero-order chi connectivity index (χ0) is 23.5. The number of fused-ring (bicyclic) bond motifs is 1. The van der Waals surface area contributed by atoms with Crippen molar-refractivity contribution in [1.82, 2.24) is 39.4 Å². The Labute approximate surface area is 192 Å². The number of aryl methyl sites for hydroxylation is 4. The molecule has 0 unspecified atom stereocenters. The molecule has 0 radical (unpaired) electrons. The van der Waals surface area contributed by atoms with Gasteiger partial charge in [-0.05, 0) is 45.9 Å². The lowest BCUT2D eigenvalue weighted by atomic mass is 9.81. The average molecular weight is 442 g/mol. The second-order valence-electron chi connectivity index (χ2n) is 9.09. The molecule has 0 spiro atoms. The molecule has 3 aromatic rings. The Morgan fingerprint density at radius 2 is 1.42 bits per heavy atom. The summed E-state index contributed by atoms with van der Waals surface area (Å²) < 4.78 is 3.47. The first-order valence-electron chi connectivity index (χ1n) is 10.9. The molecule has 0 fully saturated rings. The minimum atomic E-state index is -0.280. The van der Waals surface area contributed by atoms with Crippen molar-refractivity contribution in [2.24, 2.45) is 10.4 Å². The summed E-state index contributed by atoms with van der Waals surface area (Å²) in [5, 5.41) is 9.15. The quantitative estimate of drug-likeness (QED) is 0.616. The van der Waals surface area contributed by atoms with Crippen LogP contribution in [0, 0.1) is 33.1 Å². The van der Waals surface area contributed by atoms with Gasteiger partial charge in [0.05, 0.1) is 17.1 Å². The number of nitrogens with zero attached hydrogens (tertiary/aromatic N) is 9. The SMILES string of the molecule is Cc1cc(C)n(-c2nc(/C=C3\N=C4C(=CC=CN4C)C3(C)C)nc(-n3nc(C)cc3C)n2)n1. The van der Waals surface area contributed by atoms with Crippen molar-refractivity contribution in [3.63, 3.8) is 0 Å². The topological polar surface area (TPSA) is 89.9 Å². The third-order valence-electron chi connectivity index (χ3n) is 5.98. The fourth-order valence-electron chi connectivity index (χ4n) is 4.24. The fourth-order valence-corrected chi connectivity index (χ4v) is 4.24. The van der Waals surface area contributed by atoms with Crippen LogP contribution in [0.25, 0.3) is 18.0 Å². The van der Waals surface area contributed by atoms with Crippen molar-refractivity contribution in [3.05, 3.63) is 70.4 Å². The summed E-state index contributed by atoms with van der Waals surface area (Å²) in [5.74, 6) is 2.35. The molecule has 0 aromatic carbocycles. The van der Waals surface area contributed by atoms with Gasteiger partial charge in [-0.25, -0.2) is 14.4 Å². The van der Waals surface area contributed by atoms with Gasteiger partial charge in [-0.3, -0.25) is 0 Å². The predicted octanol–water partition coefficient (Wildman–Crippen LogP) is 3.64. The molecule has 5 rings (SSSR count). The number of aliphatic imine (C=N–C) groups is 1. The number of hydrogen-bond acceptors (Lipinski definition) is 7. The lowest BCUT2D eigenvalue weighted by molar-refractivity contribution is 0.566. The van der Waals surface area contributed by atoms with E-state index in [4.69, 9.17) is 19.9 Å². The van der Waals surface area contributed by atoms with Crippen molar-refractivity contribution in [2.45, 2.75) is 41.5 Å². The van der Waals surface area contributed by atoms with Crippen LogP contribution in [0.4, 0.5) is 0 Å². The summed E-state index contributed by atoms with van der Waals surface area (Å²) >= 11 is 0. The molecule has 9 nitrogen and oxygen atoms in total. The maximum Gasteiger partial charge on any atom is 0.256 e. The van der Waals surface area contributed by atoms with Crippen molar-refractivity contribution in [2.75, 3.05) is 7.05 Å². The first kappa shape index (κ1) is 21.0. The Hall–Kier alpha value is -3.88. The van der Waals surface area contributed by atoms with E-state index in [2.05, 4.69) is 30.1 Å². The van der Waals surface area contributed by atoms with E-state index < -0.39 is 0 Å². The highest BCUT2D eigenvalue weighted by Gasteiger charge is 2.39. The molecule has 33 heavy (non-hydrogen) atoms. The van der Waals surface area contributed by atoms with Crippen molar-refractivity contribution in [1.29, 1.82) is 0 Å². The summed E-state index contributed by atoms with van der Waals surface area (Å²) in [7, 11) is 2.01. The number of aromatic nitrogens is 7. The van der Waals surface area contributed by atoms with Crippen LogP contribution in [0.1, 0.15) is 42.4 Å². The van der Waals surface area contributed by atoms with Crippen LogP contribution in [-0.2, 0) is 0 Å². The van der Waals surface area contributed by atoms with Gasteiger partial charge in [0, 0.05) is 41.7 Å². The normalized spacial score (nSPS) is 18.0. The molecular weight excluding hydrogens is 414 g/mol. The first-order chi connectivity index (χ1) is 15.6. The minimum Gasteiger partial charge on any atom is -0.336 e. The van der Waals surface area contributed by atoms with Gasteiger partial charge in [0.2, 0.25) is 0 Å². The van der Waals surface area contributed by atoms with Crippen LogP contribution < -0.4 is 0 Å². The smallest absolute Gasteiger partial charge is 0.256 e. The standard InChI is InChI=1S/C24H27N9/c1-14-11-16(3)32(29-14)22-26-20(27-23(28-22)33-17(4)12-15(2)30-33)13-19-24(5,6)18-9-8-10-31(7)21(18)25-19/h8-13H,1-7H3/b19-13-. The molecule has 3 aromatic heterocycles. The highest BCUT2D eigenvalue weighted by Crippen LogP contribution is 2.44. The Morgan fingerprint density at radius 3 is 1.91 bits per heavy atom. The molecule has 0 bridgehead atoms. The first-order valence-corrected chi connectivity index (χ1v) is 10.9. The van der Waals surface area contributed by atoms with Gasteiger partial charge in [-0.15, -0.1) is 0 Å². The number of hydrogen-bond donors (Lipinski definition) is 0. The Balaban J connectivity index is 1.69. The van der Waals surface area contributed by atoms with E-state index in [-0.39, 0.29) is 5.41 Å². The molecular formula is C24H27N9. The third kappa shape index (κ3) is 3.49. The molecule has 0 amide bonds. The Bertz CT molecular complexity index is 1330. The van der Waals surface area contributed by atoms with Crippen molar-refractivity contribution in [3.8, 4) is 11.9 Å². The summed E-state index contributed by atoms with van der Waals surface area (Å²) in [6.07, 6.45) is 8.11. The molecule has 5 heterocycles. The highest BCUT2D eigenvalue weighted by molar-refractivity contribution is 6.05. The molecule has 0 N–H and O–H groups in total. The van der Waals surface area contributed by atoms with E-state index >= 15 is 0 Å². The zero-order valence-corrected chi connectivity index (χ0v) is 20.0. The highest BCUT2D eigenvalue weighted by atomic mass is 15.4. The van der Waals surface area contributed by atoms with Gasteiger partial charge in [0.25, 0.3) is 11.9 Å². The van der Waals surface area contributed by atoms with E-state index in [1.54, 1.807) is 9.36 Å². The second-order valence-corrected chi connectivity index (χ2v) is 9.09. The fraction of sp³-hybridized carbons (Fsp3) is 0.333. The van der Waals surface area contributed by atoms with Crippen molar-refractivity contribution < 1.29 is 0 Å². The third-order valence-corrected chi connectivity index (χ3v) is 5.98. The maximum atomic E-state index is 4.93. The molecule has 0 atom stereocenters. The Morgan fingerprint density at radius 1 is 0.848 bits per heavy atom. The van der Waals surface area contributed by atoms with Gasteiger partial charge < -0.3 is 4.90 Å². The monoisotopic (exact) mass is 441 g/mol. The summed E-state index contributed by atoms with van der Waals surface area (Å²) in [6, 6.07) is 3.99. The summed E-state index contributed by atoms with van der Waals surface area (Å²) in [5.41, 5.74) is 5.47. The molecule has 2 aliphatic heterocycles. The number of rotatable bonds is 3. The zero-order valence-electron chi connectivity index (χ0n) is 20.0. The van der Waals surface area contributed by atoms with Crippen LogP contribution in [0.15, 0.2) is 46.7 Å². The summed E-state index contributed by atoms with van der Waals surface area (Å²) in [6.45, 7) is 12.2. The molecule has 9 heteroatoms. The average Bonchev–Trinajstić information content (AvgIpc) is 3.35. The van der Waals surface area contributed by atoms with Crippen LogP contribution in [-0.4, -0.2) is 52.3 Å². The molecule has 0 saturated heterocycles. The van der Waals surface area contributed by atoms with Gasteiger partial charge in [0.1, 0.15) is 5.84 Å². The number of likely N-dealkylation sites (N-methyl/N-ethyl adjacent to an activating group) is 1. The molecule has 2 aliphatic rings. The Kier molecular flexibility index (Phi) is 4.66. The number of amidine groups is 1. The minimum absolute atomic E-state index is 0.280. The lowest BCUT2D eigenvalue weighted by Crippen LogP contribution is -2.27. The van der Waals surface area contributed by atoms with Gasteiger partial charge in [-0.2, -0.15) is 25.1 Å². The van der Waals surface area contributed by atoms with Crippen LogP contribution in [0.5, 0.6) is 0 Å².